The normalized spacial score (nSPS) is 22.7. The molecule has 3 rings (SSSR count). The molecule has 0 amide bonds. The molecule has 0 saturated heterocycles. The quantitative estimate of drug-likeness (QED) is 0.621. The van der Waals surface area contributed by atoms with Crippen molar-refractivity contribution in [1.29, 1.82) is 0 Å². The van der Waals surface area contributed by atoms with Gasteiger partial charge in [0, 0.05) is 12.1 Å². The predicted molar refractivity (Wildman–Crippen MR) is 75.3 cm³/mol. The van der Waals surface area contributed by atoms with E-state index in [0.29, 0.717) is 29.5 Å². The fourth-order valence-corrected chi connectivity index (χ4v) is 2.98. The van der Waals surface area contributed by atoms with Crippen molar-refractivity contribution in [3.8, 4) is 5.75 Å². The summed E-state index contributed by atoms with van der Waals surface area (Å²) < 4.78 is 44.6. The van der Waals surface area contributed by atoms with E-state index in [4.69, 9.17) is 4.74 Å². The van der Waals surface area contributed by atoms with E-state index in [1.54, 1.807) is 30.3 Å². The summed E-state index contributed by atoms with van der Waals surface area (Å²) in [5.41, 5.74) is 0.490. The molecule has 22 heavy (non-hydrogen) atoms. The van der Waals surface area contributed by atoms with Gasteiger partial charge in [0.1, 0.15) is 5.75 Å². The fraction of sp³-hybridized carbons (Fsp3) is 0.438. The number of pyridine rings is 1. The van der Waals surface area contributed by atoms with E-state index in [2.05, 4.69) is 0 Å². The average Bonchev–Trinajstić information content (AvgIpc) is 2.48. The van der Waals surface area contributed by atoms with Crippen molar-refractivity contribution in [2.75, 3.05) is 0 Å². The number of alkyl halides is 3. The van der Waals surface area contributed by atoms with Crippen LogP contribution in [-0.2, 0) is 0 Å². The van der Waals surface area contributed by atoms with E-state index in [0.717, 1.165) is 4.73 Å². The summed E-state index contributed by atoms with van der Waals surface area (Å²) in [6, 6.07) is 8.56. The van der Waals surface area contributed by atoms with Gasteiger partial charge in [0.2, 0.25) is 5.52 Å². The maximum absolute atomic E-state index is 12.7. The van der Waals surface area contributed by atoms with Gasteiger partial charge in [-0.05, 0) is 37.8 Å². The molecule has 0 atom stereocenters. The Morgan fingerprint density at radius 2 is 1.77 bits per heavy atom. The molecule has 1 fully saturated rings. The fourth-order valence-electron chi connectivity index (χ4n) is 2.98. The Morgan fingerprint density at radius 1 is 1.05 bits per heavy atom. The van der Waals surface area contributed by atoms with Crippen LogP contribution in [0.15, 0.2) is 36.5 Å². The van der Waals surface area contributed by atoms with Gasteiger partial charge in [0.15, 0.2) is 6.20 Å². The largest absolute Gasteiger partial charge is 0.618 e. The highest BCUT2D eigenvalue weighted by Crippen LogP contribution is 2.39. The number of nitrogens with zero attached hydrogens (tertiary/aromatic N) is 1. The van der Waals surface area contributed by atoms with Crippen LogP contribution in [0.4, 0.5) is 13.2 Å². The molecule has 0 spiro atoms. The summed E-state index contributed by atoms with van der Waals surface area (Å²) in [6.45, 7) is 0. The first-order chi connectivity index (χ1) is 10.4. The number of fused-ring (bicyclic) bond motifs is 1. The number of aromatic nitrogens is 1. The highest BCUT2D eigenvalue weighted by Gasteiger charge is 2.41. The molecule has 1 aliphatic rings. The summed E-state index contributed by atoms with van der Waals surface area (Å²) in [6.07, 6.45) is -1.99. The third-order valence-corrected chi connectivity index (χ3v) is 4.20. The van der Waals surface area contributed by atoms with Crippen molar-refractivity contribution in [3.63, 3.8) is 0 Å². The zero-order chi connectivity index (χ0) is 15.7. The molecule has 0 N–H and O–H groups in total. The van der Waals surface area contributed by atoms with E-state index in [9.17, 15) is 18.4 Å². The van der Waals surface area contributed by atoms with Gasteiger partial charge < -0.3 is 9.94 Å². The van der Waals surface area contributed by atoms with Crippen LogP contribution in [0.1, 0.15) is 25.7 Å². The summed E-state index contributed by atoms with van der Waals surface area (Å²) in [7, 11) is 0. The Bertz CT molecular complexity index is 664. The Labute approximate surface area is 125 Å². The highest BCUT2D eigenvalue weighted by molar-refractivity contribution is 5.82. The third kappa shape index (κ3) is 2.96. The van der Waals surface area contributed by atoms with Crippen molar-refractivity contribution in [3.05, 3.63) is 41.7 Å². The van der Waals surface area contributed by atoms with Crippen molar-refractivity contribution >= 4 is 10.9 Å². The van der Waals surface area contributed by atoms with Crippen LogP contribution in [0.2, 0.25) is 0 Å². The van der Waals surface area contributed by atoms with E-state index in [1.807, 2.05) is 0 Å². The van der Waals surface area contributed by atoms with Crippen molar-refractivity contribution < 1.29 is 22.6 Å². The van der Waals surface area contributed by atoms with E-state index < -0.39 is 12.1 Å². The van der Waals surface area contributed by atoms with Crippen LogP contribution in [0, 0.1) is 11.1 Å². The molecule has 118 valence electrons. The molecule has 6 heteroatoms. The number of hydrogen-bond acceptors (Lipinski definition) is 2. The molecular weight excluding hydrogens is 295 g/mol. The number of benzene rings is 1. The second kappa shape index (κ2) is 5.66. The van der Waals surface area contributed by atoms with E-state index in [1.165, 1.54) is 6.20 Å². The van der Waals surface area contributed by atoms with Gasteiger partial charge in [-0.2, -0.15) is 17.9 Å². The maximum Gasteiger partial charge on any atom is 0.391 e. The molecule has 1 aliphatic carbocycles. The van der Waals surface area contributed by atoms with Crippen LogP contribution in [0.5, 0.6) is 5.75 Å². The Morgan fingerprint density at radius 3 is 2.45 bits per heavy atom. The second-order valence-electron chi connectivity index (χ2n) is 5.66. The van der Waals surface area contributed by atoms with Crippen LogP contribution >= 0.6 is 0 Å². The third-order valence-electron chi connectivity index (χ3n) is 4.20. The minimum atomic E-state index is -4.11. The van der Waals surface area contributed by atoms with Crippen LogP contribution in [-0.4, -0.2) is 12.3 Å². The SMILES string of the molecule is [O-][n+]1cccc2c(O[C@H]3CC[C@H](C(F)(F)F)CC3)cccc21. The smallest absolute Gasteiger partial charge is 0.391 e. The summed E-state index contributed by atoms with van der Waals surface area (Å²) in [5, 5.41) is 12.4. The Hall–Kier alpha value is -1.98. The van der Waals surface area contributed by atoms with Crippen molar-refractivity contribution in [2.45, 2.75) is 38.0 Å². The summed E-state index contributed by atoms with van der Waals surface area (Å²) in [4.78, 5) is 0. The summed E-state index contributed by atoms with van der Waals surface area (Å²) >= 11 is 0. The zero-order valence-corrected chi connectivity index (χ0v) is 11.8. The first-order valence-electron chi connectivity index (χ1n) is 7.29. The lowest BCUT2D eigenvalue weighted by Gasteiger charge is -2.30. The first-order valence-corrected chi connectivity index (χ1v) is 7.29. The second-order valence-corrected chi connectivity index (χ2v) is 5.66. The molecule has 0 radical (unpaired) electrons. The molecular formula is C16H16F3NO2. The minimum absolute atomic E-state index is 0.0977. The maximum atomic E-state index is 12.7. The van der Waals surface area contributed by atoms with Gasteiger partial charge in [-0.1, -0.05) is 6.07 Å². The lowest BCUT2D eigenvalue weighted by atomic mass is 9.87. The van der Waals surface area contributed by atoms with Crippen LogP contribution < -0.4 is 9.47 Å². The highest BCUT2D eigenvalue weighted by atomic mass is 19.4. The molecule has 1 heterocycles. The van der Waals surface area contributed by atoms with Gasteiger partial charge in [-0.15, -0.1) is 0 Å². The Balaban J connectivity index is 1.74. The monoisotopic (exact) mass is 311 g/mol. The number of hydrogen-bond donors (Lipinski definition) is 0. The molecule has 1 saturated carbocycles. The molecule has 3 nitrogen and oxygen atoms in total. The van der Waals surface area contributed by atoms with Crippen molar-refractivity contribution in [1.82, 2.24) is 0 Å². The van der Waals surface area contributed by atoms with Crippen LogP contribution in [0.3, 0.4) is 0 Å². The van der Waals surface area contributed by atoms with E-state index in [-0.39, 0.29) is 18.9 Å². The topological polar surface area (TPSA) is 36.2 Å². The van der Waals surface area contributed by atoms with Gasteiger partial charge in [0.05, 0.1) is 17.4 Å². The molecule has 0 unspecified atom stereocenters. The molecule has 0 aliphatic heterocycles. The number of rotatable bonds is 2. The number of halogens is 3. The molecule has 1 aromatic carbocycles. The lowest BCUT2D eigenvalue weighted by Crippen LogP contribution is -2.32. The standard InChI is InChI=1S/C16H16F3NO2/c17-16(18,19)11-6-8-12(9-7-11)22-15-5-1-4-14-13(15)3-2-10-20(14)21/h1-5,10-12H,6-9H2/t11-,12-. The zero-order valence-electron chi connectivity index (χ0n) is 11.8. The molecule has 2 aromatic rings. The number of ether oxygens (including phenoxy) is 1. The van der Waals surface area contributed by atoms with Crippen molar-refractivity contribution in [2.24, 2.45) is 5.92 Å². The van der Waals surface area contributed by atoms with Gasteiger partial charge in [-0.3, -0.25) is 0 Å². The minimum Gasteiger partial charge on any atom is -0.618 e. The van der Waals surface area contributed by atoms with Crippen LogP contribution in [0.25, 0.3) is 10.9 Å². The summed E-state index contributed by atoms with van der Waals surface area (Å²) in [5.74, 6) is -0.665. The van der Waals surface area contributed by atoms with Gasteiger partial charge in [0.25, 0.3) is 0 Å². The molecule has 0 bridgehead atoms. The lowest BCUT2D eigenvalue weighted by molar-refractivity contribution is -0.577. The van der Waals surface area contributed by atoms with Gasteiger partial charge >= 0.3 is 6.18 Å². The Kier molecular flexibility index (Phi) is 3.85. The average molecular weight is 311 g/mol. The molecule has 1 aromatic heterocycles. The van der Waals surface area contributed by atoms with E-state index >= 15 is 0 Å². The predicted octanol–water partition coefficient (Wildman–Crippen LogP) is 3.97. The van der Waals surface area contributed by atoms with Gasteiger partial charge in [-0.25, -0.2) is 0 Å². The first kappa shape index (κ1) is 14.9.